The molecule has 1 aromatic carbocycles. The largest absolute Gasteiger partial charge is 0.496 e. The lowest BCUT2D eigenvalue weighted by molar-refractivity contribution is -0.174. The summed E-state index contributed by atoms with van der Waals surface area (Å²) in [6.07, 6.45) is -4.00. The average molecular weight is 291 g/mol. The van der Waals surface area contributed by atoms with Crippen molar-refractivity contribution in [2.45, 2.75) is 32.5 Å². The van der Waals surface area contributed by atoms with Crippen LogP contribution in [0.1, 0.15) is 29.2 Å². The summed E-state index contributed by atoms with van der Waals surface area (Å²) >= 11 is 0. The smallest absolute Gasteiger partial charge is 0.411 e. The van der Waals surface area contributed by atoms with E-state index in [-0.39, 0.29) is 6.61 Å². The summed E-state index contributed by atoms with van der Waals surface area (Å²) in [5.74, 6) is 0.688. The summed E-state index contributed by atoms with van der Waals surface area (Å²) in [5.41, 5.74) is 8.84. The van der Waals surface area contributed by atoms with Crippen molar-refractivity contribution in [3.8, 4) is 5.75 Å². The van der Waals surface area contributed by atoms with Gasteiger partial charge in [0.2, 0.25) is 0 Å². The number of aryl methyl sites for hydroxylation is 1. The third kappa shape index (κ3) is 4.68. The van der Waals surface area contributed by atoms with Gasteiger partial charge in [-0.25, -0.2) is 0 Å². The standard InChI is InChI=1S/C14H20F3NO2/c1-9-4-5-11(13(19-3)10(9)2)12(18)6-7-20-8-14(15,16)17/h4-5,12H,6-8,18H2,1-3H3. The molecule has 0 saturated carbocycles. The molecule has 6 heteroatoms. The topological polar surface area (TPSA) is 44.5 Å². The fourth-order valence-electron chi connectivity index (χ4n) is 1.93. The van der Waals surface area contributed by atoms with E-state index in [1.807, 2.05) is 26.0 Å². The van der Waals surface area contributed by atoms with Crippen molar-refractivity contribution in [2.24, 2.45) is 5.73 Å². The molecule has 114 valence electrons. The Hall–Kier alpha value is -1.27. The molecule has 1 rings (SSSR count). The van der Waals surface area contributed by atoms with Gasteiger partial charge in [0.1, 0.15) is 12.4 Å². The summed E-state index contributed by atoms with van der Waals surface area (Å²) in [5, 5.41) is 0. The number of rotatable bonds is 6. The number of nitrogens with two attached hydrogens (primary N) is 1. The molecule has 0 heterocycles. The fourth-order valence-corrected chi connectivity index (χ4v) is 1.93. The zero-order valence-electron chi connectivity index (χ0n) is 11.9. The lowest BCUT2D eigenvalue weighted by Gasteiger charge is -2.19. The molecular weight excluding hydrogens is 271 g/mol. The Morgan fingerprint density at radius 2 is 1.90 bits per heavy atom. The molecule has 20 heavy (non-hydrogen) atoms. The molecule has 2 N–H and O–H groups in total. The van der Waals surface area contributed by atoms with Crippen molar-refractivity contribution in [2.75, 3.05) is 20.3 Å². The highest BCUT2D eigenvalue weighted by Crippen LogP contribution is 2.31. The lowest BCUT2D eigenvalue weighted by atomic mass is 9.98. The third-order valence-corrected chi connectivity index (χ3v) is 3.15. The molecule has 0 aliphatic carbocycles. The van der Waals surface area contributed by atoms with E-state index >= 15 is 0 Å². The summed E-state index contributed by atoms with van der Waals surface area (Å²) in [7, 11) is 1.55. The molecule has 0 spiro atoms. The van der Waals surface area contributed by atoms with Gasteiger partial charge >= 0.3 is 6.18 Å². The highest BCUT2D eigenvalue weighted by Gasteiger charge is 2.27. The van der Waals surface area contributed by atoms with E-state index in [4.69, 9.17) is 10.5 Å². The SMILES string of the molecule is COc1c(C(N)CCOCC(F)(F)F)ccc(C)c1C. The van der Waals surface area contributed by atoms with Crippen LogP contribution < -0.4 is 10.5 Å². The number of hydrogen-bond acceptors (Lipinski definition) is 3. The third-order valence-electron chi connectivity index (χ3n) is 3.15. The highest BCUT2D eigenvalue weighted by molar-refractivity contribution is 5.46. The monoisotopic (exact) mass is 291 g/mol. The van der Waals surface area contributed by atoms with E-state index in [9.17, 15) is 13.2 Å². The first kappa shape index (κ1) is 16.8. The van der Waals surface area contributed by atoms with Crippen molar-refractivity contribution < 1.29 is 22.6 Å². The molecule has 0 aliphatic heterocycles. The lowest BCUT2D eigenvalue weighted by Crippen LogP contribution is -2.20. The molecule has 1 atom stereocenters. The summed E-state index contributed by atoms with van der Waals surface area (Å²) < 4.78 is 45.7. The van der Waals surface area contributed by atoms with Crippen molar-refractivity contribution in [1.29, 1.82) is 0 Å². The Morgan fingerprint density at radius 1 is 1.25 bits per heavy atom. The van der Waals surface area contributed by atoms with Crippen molar-refractivity contribution in [3.05, 3.63) is 28.8 Å². The van der Waals surface area contributed by atoms with Gasteiger partial charge in [-0.15, -0.1) is 0 Å². The molecule has 1 aromatic rings. The minimum absolute atomic E-state index is 0.0449. The van der Waals surface area contributed by atoms with Gasteiger partial charge in [0.15, 0.2) is 0 Å². The summed E-state index contributed by atoms with van der Waals surface area (Å²) in [6, 6.07) is 3.34. The van der Waals surface area contributed by atoms with Crippen LogP contribution in [0, 0.1) is 13.8 Å². The van der Waals surface area contributed by atoms with Crippen molar-refractivity contribution >= 4 is 0 Å². The molecule has 1 unspecified atom stereocenters. The van der Waals surface area contributed by atoms with Gasteiger partial charge in [-0.3, -0.25) is 0 Å². The number of alkyl halides is 3. The van der Waals surface area contributed by atoms with Gasteiger partial charge in [-0.1, -0.05) is 12.1 Å². The number of halogens is 3. The maximum atomic E-state index is 11.9. The van der Waals surface area contributed by atoms with Gasteiger partial charge in [0.25, 0.3) is 0 Å². The van der Waals surface area contributed by atoms with Crippen LogP contribution >= 0.6 is 0 Å². The second kappa shape index (κ2) is 6.95. The summed E-state index contributed by atoms with van der Waals surface area (Å²) in [6.45, 7) is 2.59. The van der Waals surface area contributed by atoms with E-state index in [2.05, 4.69) is 4.74 Å². The van der Waals surface area contributed by atoms with Gasteiger partial charge in [0, 0.05) is 18.2 Å². The molecule has 0 aromatic heterocycles. The first-order chi connectivity index (χ1) is 9.26. The van der Waals surface area contributed by atoms with Crippen molar-refractivity contribution in [1.82, 2.24) is 0 Å². The average Bonchev–Trinajstić information content (AvgIpc) is 2.36. The van der Waals surface area contributed by atoms with E-state index in [0.29, 0.717) is 12.2 Å². The quantitative estimate of drug-likeness (QED) is 0.818. The van der Waals surface area contributed by atoms with Crippen LogP contribution in [0.3, 0.4) is 0 Å². The Bertz CT molecular complexity index is 447. The van der Waals surface area contributed by atoms with Crippen LogP contribution in [0.5, 0.6) is 5.75 Å². The van der Waals surface area contributed by atoms with Gasteiger partial charge < -0.3 is 15.2 Å². The van der Waals surface area contributed by atoms with Crippen LogP contribution in [0.2, 0.25) is 0 Å². The Balaban J connectivity index is 2.64. The zero-order valence-corrected chi connectivity index (χ0v) is 11.9. The molecule has 0 bridgehead atoms. The molecule has 0 aliphatic rings. The van der Waals surface area contributed by atoms with Crippen LogP contribution in [0.4, 0.5) is 13.2 Å². The molecule has 0 amide bonds. The summed E-state index contributed by atoms with van der Waals surface area (Å²) in [4.78, 5) is 0. The number of benzene rings is 1. The number of ether oxygens (including phenoxy) is 2. The maximum absolute atomic E-state index is 11.9. The van der Waals surface area contributed by atoms with Crippen molar-refractivity contribution in [3.63, 3.8) is 0 Å². The minimum Gasteiger partial charge on any atom is -0.496 e. The van der Waals surface area contributed by atoms with Gasteiger partial charge in [0.05, 0.1) is 7.11 Å². The Labute approximate surface area is 116 Å². The first-order valence-electron chi connectivity index (χ1n) is 6.30. The zero-order chi connectivity index (χ0) is 15.3. The maximum Gasteiger partial charge on any atom is 0.411 e. The van der Waals surface area contributed by atoms with Gasteiger partial charge in [-0.2, -0.15) is 13.2 Å². The van der Waals surface area contributed by atoms with E-state index in [1.165, 1.54) is 0 Å². The van der Waals surface area contributed by atoms with Crippen LogP contribution in [-0.2, 0) is 4.74 Å². The predicted molar refractivity (Wildman–Crippen MR) is 70.9 cm³/mol. The van der Waals surface area contributed by atoms with Crippen LogP contribution in [-0.4, -0.2) is 26.5 Å². The normalized spacial score (nSPS) is 13.3. The van der Waals surface area contributed by atoms with Crippen LogP contribution in [0.15, 0.2) is 12.1 Å². The number of hydrogen-bond donors (Lipinski definition) is 1. The predicted octanol–water partition coefficient (Wildman–Crippen LogP) is 3.28. The Morgan fingerprint density at radius 3 is 2.45 bits per heavy atom. The van der Waals surface area contributed by atoms with E-state index in [1.54, 1.807) is 7.11 Å². The minimum atomic E-state index is -4.30. The molecule has 3 nitrogen and oxygen atoms in total. The Kier molecular flexibility index (Phi) is 5.83. The molecule has 0 saturated heterocycles. The highest BCUT2D eigenvalue weighted by atomic mass is 19.4. The first-order valence-corrected chi connectivity index (χ1v) is 6.30. The van der Waals surface area contributed by atoms with Gasteiger partial charge in [-0.05, 0) is 31.4 Å². The van der Waals surface area contributed by atoms with Crippen LogP contribution in [0.25, 0.3) is 0 Å². The number of methoxy groups -OCH3 is 1. The van der Waals surface area contributed by atoms with E-state index in [0.717, 1.165) is 16.7 Å². The second-order valence-electron chi connectivity index (χ2n) is 4.69. The van der Waals surface area contributed by atoms with E-state index < -0.39 is 18.8 Å². The second-order valence-corrected chi connectivity index (χ2v) is 4.69. The molecule has 0 fully saturated rings. The fraction of sp³-hybridized carbons (Fsp3) is 0.571. The molecular formula is C14H20F3NO2. The molecule has 0 radical (unpaired) electrons.